The third-order valence-electron chi connectivity index (χ3n) is 3.01. The van der Waals surface area contributed by atoms with E-state index in [-0.39, 0.29) is 0 Å². The van der Waals surface area contributed by atoms with Gasteiger partial charge in [0.15, 0.2) is 0 Å². The van der Waals surface area contributed by atoms with Gasteiger partial charge >= 0.3 is 0 Å². The summed E-state index contributed by atoms with van der Waals surface area (Å²) in [5, 5.41) is 0. The number of allylic oxidation sites excluding steroid dienone is 3. The number of carbonyl (C=O) groups excluding carboxylic acids is 1. The van der Waals surface area contributed by atoms with Crippen LogP contribution in [0.4, 0.5) is 0 Å². The van der Waals surface area contributed by atoms with Crippen molar-refractivity contribution < 1.29 is 4.79 Å². The Hall–Kier alpha value is -1.05. The van der Waals surface area contributed by atoms with Crippen molar-refractivity contribution in [2.24, 2.45) is 5.92 Å². The Morgan fingerprint density at radius 2 is 1.76 bits per heavy atom. The average molecular weight is 235 g/mol. The zero-order chi connectivity index (χ0) is 12.5. The van der Waals surface area contributed by atoms with Crippen molar-refractivity contribution in [2.75, 3.05) is 13.1 Å². The van der Waals surface area contributed by atoms with Gasteiger partial charge in [-0.2, -0.15) is 0 Å². The largest absolute Gasteiger partial charge is 0.339 e. The van der Waals surface area contributed by atoms with Crippen LogP contribution < -0.4 is 0 Å². The zero-order valence-electron chi connectivity index (χ0n) is 11.2. The quantitative estimate of drug-likeness (QED) is 0.465. The molecule has 1 aliphatic carbocycles. The van der Waals surface area contributed by atoms with Gasteiger partial charge in [0, 0.05) is 19.0 Å². The molecule has 1 saturated carbocycles. The van der Waals surface area contributed by atoms with E-state index in [1.807, 2.05) is 4.90 Å². The van der Waals surface area contributed by atoms with Gasteiger partial charge in [0.1, 0.15) is 0 Å². The first kappa shape index (κ1) is 14.0. The minimum absolute atomic E-state index is 0.343. The van der Waals surface area contributed by atoms with Gasteiger partial charge in [-0.05, 0) is 39.0 Å². The molecular formula is C15H25NO. The fourth-order valence-corrected chi connectivity index (χ4v) is 1.76. The van der Waals surface area contributed by atoms with E-state index in [0.717, 1.165) is 45.2 Å². The van der Waals surface area contributed by atoms with Gasteiger partial charge in [-0.25, -0.2) is 0 Å². The maximum atomic E-state index is 11.8. The third kappa shape index (κ3) is 5.71. The molecule has 0 saturated heterocycles. The van der Waals surface area contributed by atoms with Crippen molar-refractivity contribution >= 4 is 5.91 Å². The molecule has 0 unspecified atom stereocenters. The Labute approximate surface area is 105 Å². The Kier molecular flexibility index (Phi) is 6.68. The highest BCUT2D eigenvalue weighted by molar-refractivity contribution is 5.81. The molecule has 0 spiro atoms. The molecule has 17 heavy (non-hydrogen) atoms. The summed E-state index contributed by atoms with van der Waals surface area (Å²) in [6.07, 6.45) is 14.2. The van der Waals surface area contributed by atoms with Crippen LogP contribution in [-0.4, -0.2) is 23.9 Å². The van der Waals surface area contributed by atoms with Crippen LogP contribution in [0.5, 0.6) is 0 Å². The highest BCUT2D eigenvalue weighted by Gasteiger charge is 2.32. The Morgan fingerprint density at radius 1 is 1.12 bits per heavy atom. The van der Waals surface area contributed by atoms with Crippen molar-refractivity contribution in [2.45, 2.75) is 46.0 Å². The number of amides is 1. The molecular weight excluding hydrogens is 210 g/mol. The van der Waals surface area contributed by atoms with E-state index in [9.17, 15) is 4.79 Å². The number of likely N-dealkylation sites (N-methyl/N-ethyl adjacent to an activating group) is 1. The predicted octanol–water partition coefficient (Wildman–Crippen LogP) is 3.55. The summed E-state index contributed by atoms with van der Waals surface area (Å²) in [7, 11) is 0. The summed E-state index contributed by atoms with van der Waals surface area (Å²) >= 11 is 0. The predicted molar refractivity (Wildman–Crippen MR) is 72.8 cm³/mol. The Morgan fingerprint density at radius 3 is 2.29 bits per heavy atom. The zero-order valence-corrected chi connectivity index (χ0v) is 11.2. The fourth-order valence-electron chi connectivity index (χ4n) is 1.76. The molecule has 0 bridgehead atoms. The highest BCUT2D eigenvalue weighted by Crippen LogP contribution is 2.30. The lowest BCUT2D eigenvalue weighted by atomic mass is 10.2. The number of rotatable bonds is 8. The van der Waals surface area contributed by atoms with Crippen molar-refractivity contribution in [1.82, 2.24) is 4.90 Å². The van der Waals surface area contributed by atoms with E-state index in [1.54, 1.807) is 0 Å². The first-order valence-electron chi connectivity index (χ1n) is 6.88. The molecule has 0 aromatic heterocycles. The lowest BCUT2D eigenvalue weighted by molar-refractivity contribution is -0.131. The standard InChI is InChI=1S/C15H25NO/c1-3-5-6-7-8-9-10-13-16(4-2)15(17)14-11-12-14/h5-6,9-10,14H,3-4,7-8,11-13H2,1-2H3/b6-5-,10-9-. The van der Waals surface area contributed by atoms with Gasteiger partial charge in [-0.1, -0.05) is 31.2 Å². The van der Waals surface area contributed by atoms with Crippen LogP contribution in [-0.2, 0) is 4.79 Å². The van der Waals surface area contributed by atoms with Crippen molar-refractivity contribution in [3.05, 3.63) is 24.3 Å². The average Bonchev–Trinajstić information content (AvgIpc) is 3.16. The summed E-state index contributed by atoms with van der Waals surface area (Å²) in [6.45, 7) is 5.81. The van der Waals surface area contributed by atoms with E-state index in [2.05, 4.69) is 38.2 Å². The second kappa shape index (κ2) is 8.10. The summed E-state index contributed by atoms with van der Waals surface area (Å²) in [5.74, 6) is 0.693. The van der Waals surface area contributed by atoms with Gasteiger partial charge in [0.05, 0.1) is 0 Å². The second-order valence-corrected chi connectivity index (χ2v) is 4.58. The van der Waals surface area contributed by atoms with Crippen LogP contribution in [0.3, 0.4) is 0 Å². The molecule has 2 nitrogen and oxygen atoms in total. The SMILES string of the molecule is CC/C=C\CC/C=C\CN(CC)C(=O)C1CC1. The second-order valence-electron chi connectivity index (χ2n) is 4.58. The van der Waals surface area contributed by atoms with Crippen LogP contribution in [0.25, 0.3) is 0 Å². The molecule has 1 amide bonds. The highest BCUT2D eigenvalue weighted by atomic mass is 16.2. The number of nitrogens with zero attached hydrogens (tertiary/aromatic N) is 1. The fraction of sp³-hybridized carbons (Fsp3) is 0.667. The lowest BCUT2D eigenvalue weighted by Crippen LogP contribution is -2.32. The first-order valence-corrected chi connectivity index (χ1v) is 6.88. The summed E-state index contributed by atoms with van der Waals surface area (Å²) in [6, 6.07) is 0. The molecule has 0 aromatic carbocycles. The van der Waals surface area contributed by atoms with E-state index < -0.39 is 0 Å². The van der Waals surface area contributed by atoms with Gasteiger partial charge in [0.2, 0.25) is 5.91 Å². The first-order chi connectivity index (χ1) is 8.29. The number of carbonyl (C=O) groups is 1. The maximum Gasteiger partial charge on any atom is 0.225 e. The molecule has 0 aromatic rings. The monoisotopic (exact) mass is 235 g/mol. The molecule has 0 N–H and O–H groups in total. The third-order valence-corrected chi connectivity index (χ3v) is 3.01. The molecule has 0 radical (unpaired) electrons. The Bertz CT molecular complexity index is 277. The number of unbranched alkanes of at least 4 members (excludes halogenated alkanes) is 1. The molecule has 1 aliphatic rings. The topological polar surface area (TPSA) is 20.3 Å². The molecule has 96 valence electrons. The molecule has 1 fully saturated rings. The molecule has 0 heterocycles. The van der Waals surface area contributed by atoms with Crippen LogP contribution in [0, 0.1) is 5.92 Å². The van der Waals surface area contributed by atoms with Crippen molar-refractivity contribution in [3.8, 4) is 0 Å². The van der Waals surface area contributed by atoms with Crippen LogP contribution in [0.1, 0.15) is 46.0 Å². The number of hydrogen-bond acceptors (Lipinski definition) is 1. The Balaban J connectivity index is 2.15. The molecule has 1 rings (SSSR count). The van der Waals surface area contributed by atoms with Crippen LogP contribution >= 0.6 is 0 Å². The normalized spacial score (nSPS) is 15.9. The summed E-state index contributed by atoms with van der Waals surface area (Å²) in [5.41, 5.74) is 0. The smallest absolute Gasteiger partial charge is 0.225 e. The van der Waals surface area contributed by atoms with Crippen molar-refractivity contribution in [1.29, 1.82) is 0 Å². The minimum atomic E-state index is 0.343. The molecule has 2 heteroatoms. The van der Waals surface area contributed by atoms with Crippen molar-refractivity contribution in [3.63, 3.8) is 0 Å². The number of hydrogen-bond donors (Lipinski definition) is 0. The maximum absolute atomic E-state index is 11.8. The van der Waals surface area contributed by atoms with Gasteiger partial charge in [-0.15, -0.1) is 0 Å². The van der Waals surface area contributed by atoms with Crippen LogP contribution in [0.15, 0.2) is 24.3 Å². The lowest BCUT2D eigenvalue weighted by Gasteiger charge is -2.18. The minimum Gasteiger partial charge on any atom is -0.339 e. The van der Waals surface area contributed by atoms with Gasteiger partial charge in [-0.3, -0.25) is 4.79 Å². The van der Waals surface area contributed by atoms with Crippen LogP contribution in [0.2, 0.25) is 0 Å². The molecule has 0 atom stereocenters. The van der Waals surface area contributed by atoms with E-state index in [4.69, 9.17) is 0 Å². The summed E-state index contributed by atoms with van der Waals surface area (Å²) in [4.78, 5) is 13.8. The summed E-state index contributed by atoms with van der Waals surface area (Å²) < 4.78 is 0. The van der Waals surface area contributed by atoms with Gasteiger partial charge in [0.25, 0.3) is 0 Å². The van der Waals surface area contributed by atoms with Gasteiger partial charge < -0.3 is 4.90 Å². The molecule has 0 aliphatic heterocycles. The van der Waals surface area contributed by atoms with E-state index in [0.29, 0.717) is 11.8 Å². The van der Waals surface area contributed by atoms with E-state index >= 15 is 0 Å². The van der Waals surface area contributed by atoms with E-state index in [1.165, 1.54) is 0 Å².